The number of rotatable bonds is 10. The van der Waals surface area contributed by atoms with E-state index in [1.54, 1.807) is 42.5 Å². The number of aromatic hydroxyl groups is 1. The predicted octanol–water partition coefficient (Wildman–Crippen LogP) is 8.39. The molecule has 2 N–H and O–H groups in total. The molecule has 1 saturated carbocycles. The van der Waals surface area contributed by atoms with Gasteiger partial charge < -0.3 is 19.5 Å². The van der Waals surface area contributed by atoms with Gasteiger partial charge in [-0.25, -0.2) is 0 Å². The lowest BCUT2D eigenvalue weighted by atomic mass is 9.49. The van der Waals surface area contributed by atoms with Gasteiger partial charge in [-0.05, 0) is 91.9 Å². The standard InChI is InChI=1S/C49H46N6O7/c1-28-11-13-32(14-12-28)52-55-46(58)39-27-38-36(44(43-40(56)25-35(61-4)26-41(43)62-5)49(39,48(55)60)29-9-7-6-8-10-29)23-24-37-42(38)47(59)54(45(37)57)34-21-17-31(18-22-34)51-50-30-15-19-33(20-16-30)53(2)3/h6-23,25-26,37-39,42,44,52,56H,24,27H2,1-5H3. The number of benzene rings is 5. The van der Waals surface area contributed by atoms with E-state index in [2.05, 4.69) is 15.7 Å². The van der Waals surface area contributed by atoms with Gasteiger partial charge >= 0.3 is 0 Å². The maximum Gasteiger partial charge on any atom is 0.260 e. The van der Waals surface area contributed by atoms with E-state index in [4.69, 9.17) is 9.47 Å². The van der Waals surface area contributed by atoms with Crippen molar-refractivity contribution in [1.29, 1.82) is 0 Å². The SMILES string of the molecule is COc1cc(O)c(C2C3=CCC4C(=O)N(c5ccc(N=Nc6ccc(N(C)C)cc6)cc5)C(=O)C4C3CC3C(=O)N(Nc4ccc(C)cc4)C(=O)C32c2ccccc2)c(OC)c1. The normalized spacial score (nSPS) is 24.1. The second-order valence-electron chi connectivity index (χ2n) is 16.5. The zero-order chi connectivity index (χ0) is 43.4. The Bertz CT molecular complexity index is 2650. The van der Waals surface area contributed by atoms with E-state index in [1.807, 2.05) is 98.7 Å². The number of methoxy groups -OCH3 is 2. The Hall–Kier alpha value is -7.28. The minimum Gasteiger partial charge on any atom is -0.507 e. The second-order valence-corrected chi connectivity index (χ2v) is 16.5. The average molecular weight is 831 g/mol. The number of phenols is 1. The molecule has 4 aliphatic rings. The average Bonchev–Trinajstić information content (AvgIpc) is 3.67. The molecule has 0 bridgehead atoms. The van der Waals surface area contributed by atoms with Crippen molar-refractivity contribution < 1.29 is 33.8 Å². The number of hydrogen-bond acceptors (Lipinski definition) is 11. The first kappa shape index (κ1) is 40.1. The molecule has 62 heavy (non-hydrogen) atoms. The number of hydrogen-bond donors (Lipinski definition) is 2. The maximum atomic E-state index is 15.5. The zero-order valence-corrected chi connectivity index (χ0v) is 35.0. The molecule has 0 spiro atoms. The second kappa shape index (κ2) is 15.6. The molecule has 2 aliphatic carbocycles. The van der Waals surface area contributed by atoms with Crippen molar-refractivity contribution in [3.05, 3.63) is 144 Å². The summed E-state index contributed by atoms with van der Waals surface area (Å²) >= 11 is 0. The molecule has 9 rings (SSSR count). The molecular formula is C49H46N6O7. The van der Waals surface area contributed by atoms with Crippen molar-refractivity contribution in [2.24, 2.45) is 33.9 Å². The first-order valence-corrected chi connectivity index (χ1v) is 20.5. The number of imide groups is 2. The van der Waals surface area contributed by atoms with Crippen molar-refractivity contribution in [2.45, 2.75) is 31.1 Å². The molecule has 314 valence electrons. The van der Waals surface area contributed by atoms with Crippen LogP contribution in [-0.2, 0) is 24.6 Å². The molecule has 2 saturated heterocycles. The van der Waals surface area contributed by atoms with Gasteiger partial charge in [0.1, 0.15) is 17.2 Å². The fourth-order valence-electron chi connectivity index (χ4n) is 10.1. The van der Waals surface area contributed by atoms with Crippen LogP contribution in [0.4, 0.5) is 28.4 Å². The molecule has 6 unspecified atom stereocenters. The van der Waals surface area contributed by atoms with Crippen LogP contribution < -0.4 is 24.7 Å². The molecule has 2 aliphatic heterocycles. The number of fused-ring (bicyclic) bond motifs is 4. The molecule has 6 atom stereocenters. The van der Waals surface area contributed by atoms with Crippen LogP contribution in [0.25, 0.3) is 0 Å². The molecule has 4 amide bonds. The number of aryl methyl sites for hydroxylation is 1. The van der Waals surface area contributed by atoms with Crippen LogP contribution in [-0.4, -0.2) is 62.1 Å². The predicted molar refractivity (Wildman–Crippen MR) is 234 cm³/mol. The van der Waals surface area contributed by atoms with Gasteiger partial charge in [0.2, 0.25) is 11.8 Å². The number of nitrogens with zero attached hydrogens (tertiary/aromatic N) is 5. The van der Waals surface area contributed by atoms with E-state index in [1.165, 1.54) is 25.2 Å². The highest BCUT2D eigenvalue weighted by molar-refractivity contribution is 6.22. The summed E-state index contributed by atoms with van der Waals surface area (Å²) in [4.78, 5) is 63.1. The van der Waals surface area contributed by atoms with E-state index < -0.39 is 52.7 Å². The fourth-order valence-corrected chi connectivity index (χ4v) is 10.1. The topological polar surface area (TPSA) is 153 Å². The van der Waals surface area contributed by atoms with Crippen molar-refractivity contribution in [1.82, 2.24) is 5.01 Å². The molecule has 5 aromatic carbocycles. The van der Waals surface area contributed by atoms with Gasteiger partial charge in [0.25, 0.3) is 11.8 Å². The van der Waals surface area contributed by atoms with Gasteiger partial charge in [-0.2, -0.15) is 15.2 Å². The number of anilines is 3. The van der Waals surface area contributed by atoms with Crippen LogP contribution in [0, 0.1) is 30.6 Å². The summed E-state index contributed by atoms with van der Waals surface area (Å²) in [5, 5.41) is 21.8. The van der Waals surface area contributed by atoms with E-state index in [0.29, 0.717) is 39.6 Å². The third-order valence-electron chi connectivity index (χ3n) is 13.0. The lowest BCUT2D eigenvalue weighted by Crippen LogP contribution is -2.53. The number of amides is 4. The highest BCUT2D eigenvalue weighted by Gasteiger charge is 2.71. The third kappa shape index (κ3) is 6.38. The summed E-state index contributed by atoms with van der Waals surface area (Å²) in [6.45, 7) is 1.95. The number of nitrogens with one attached hydrogen (secondary N) is 1. The summed E-state index contributed by atoms with van der Waals surface area (Å²) in [7, 11) is 6.86. The number of carbonyl (C=O) groups excluding carboxylic acids is 4. The Morgan fingerprint density at radius 1 is 0.774 bits per heavy atom. The van der Waals surface area contributed by atoms with Crippen LogP contribution >= 0.6 is 0 Å². The number of phenolic OH excluding ortho intramolecular Hbond substituents is 1. The lowest BCUT2D eigenvalue weighted by Gasteiger charge is -2.50. The quantitative estimate of drug-likeness (QED) is 0.0803. The molecule has 3 fully saturated rings. The number of hydrazine groups is 1. The van der Waals surface area contributed by atoms with Gasteiger partial charge in [-0.1, -0.05) is 59.7 Å². The van der Waals surface area contributed by atoms with E-state index in [0.717, 1.165) is 16.3 Å². The number of carbonyl (C=O) groups is 4. The molecule has 0 aromatic heterocycles. The molecular weight excluding hydrogens is 785 g/mol. The van der Waals surface area contributed by atoms with Crippen LogP contribution in [0.3, 0.4) is 0 Å². The Balaban J connectivity index is 1.13. The summed E-state index contributed by atoms with van der Waals surface area (Å²) < 4.78 is 11.5. The first-order chi connectivity index (χ1) is 30.0. The number of allylic oxidation sites excluding steroid dienone is 2. The maximum absolute atomic E-state index is 15.5. The van der Waals surface area contributed by atoms with Crippen molar-refractivity contribution >= 4 is 52.1 Å². The highest BCUT2D eigenvalue weighted by atomic mass is 16.5. The minimum absolute atomic E-state index is 0.0932. The molecule has 13 heteroatoms. The van der Waals surface area contributed by atoms with Gasteiger partial charge in [-0.15, -0.1) is 0 Å². The Morgan fingerprint density at radius 2 is 1.44 bits per heavy atom. The first-order valence-electron chi connectivity index (χ1n) is 20.5. The smallest absolute Gasteiger partial charge is 0.260 e. The summed E-state index contributed by atoms with van der Waals surface area (Å²) in [5.41, 5.74) is 7.23. The van der Waals surface area contributed by atoms with E-state index >= 15 is 9.59 Å². The van der Waals surface area contributed by atoms with Crippen LogP contribution in [0.5, 0.6) is 17.2 Å². The Labute approximate surface area is 359 Å². The van der Waals surface area contributed by atoms with E-state index in [9.17, 15) is 14.7 Å². The Morgan fingerprint density at radius 3 is 2.06 bits per heavy atom. The summed E-state index contributed by atoms with van der Waals surface area (Å²) in [5.74, 6) is -5.61. The van der Waals surface area contributed by atoms with Gasteiger partial charge in [0.05, 0.1) is 60.1 Å². The fraction of sp³-hybridized carbons (Fsp3) is 0.265. The van der Waals surface area contributed by atoms with Gasteiger partial charge in [0.15, 0.2) is 0 Å². The highest BCUT2D eigenvalue weighted by Crippen LogP contribution is 2.66. The van der Waals surface area contributed by atoms with E-state index in [-0.39, 0.29) is 35.8 Å². The number of azo groups is 1. The van der Waals surface area contributed by atoms with Crippen molar-refractivity contribution in [3.8, 4) is 17.2 Å². The molecule has 0 radical (unpaired) electrons. The lowest BCUT2D eigenvalue weighted by molar-refractivity contribution is -0.138. The van der Waals surface area contributed by atoms with Crippen LogP contribution in [0.2, 0.25) is 0 Å². The van der Waals surface area contributed by atoms with Crippen molar-refractivity contribution in [2.75, 3.05) is 43.5 Å². The van der Waals surface area contributed by atoms with Crippen LogP contribution in [0.15, 0.2) is 137 Å². The zero-order valence-electron chi connectivity index (χ0n) is 35.0. The Kier molecular flexibility index (Phi) is 10.1. The van der Waals surface area contributed by atoms with Crippen LogP contribution in [0.1, 0.15) is 35.4 Å². The minimum atomic E-state index is -1.60. The van der Waals surface area contributed by atoms with Gasteiger partial charge in [0, 0.05) is 43.4 Å². The summed E-state index contributed by atoms with van der Waals surface area (Å²) in [6, 6.07) is 34.0. The largest absolute Gasteiger partial charge is 0.507 e. The monoisotopic (exact) mass is 830 g/mol. The molecule has 2 heterocycles. The summed E-state index contributed by atoms with van der Waals surface area (Å²) in [6.07, 6.45) is 2.24. The third-order valence-corrected chi connectivity index (χ3v) is 13.0. The molecule has 13 nitrogen and oxygen atoms in total. The van der Waals surface area contributed by atoms with Crippen molar-refractivity contribution in [3.63, 3.8) is 0 Å². The van der Waals surface area contributed by atoms with Gasteiger partial charge in [-0.3, -0.25) is 29.5 Å². The molecule has 5 aromatic rings. The number of ether oxygens (including phenoxy) is 2.